The summed E-state index contributed by atoms with van der Waals surface area (Å²) in [6, 6.07) is 13.6. The lowest BCUT2D eigenvalue weighted by Gasteiger charge is -2.24. The van der Waals surface area contributed by atoms with Crippen molar-refractivity contribution in [3.63, 3.8) is 0 Å². The number of carbonyl (C=O) groups is 1. The van der Waals surface area contributed by atoms with E-state index in [-0.39, 0.29) is 12.3 Å². The van der Waals surface area contributed by atoms with Crippen LogP contribution in [-0.2, 0) is 16.9 Å². The number of hydrogen-bond donors (Lipinski definition) is 2. The third kappa shape index (κ3) is 2.72. The molecule has 0 saturated carbocycles. The zero-order valence-corrected chi connectivity index (χ0v) is 14.3. The predicted molar refractivity (Wildman–Crippen MR) is 93.7 cm³/mol. The normalized spacial score (nSPS) is 21.0. The molecule has 2 N–H and O–H groups in total. The Morgan fingerprint density at radius 1 is 1.17 bits per heavy atom. The molecule has 1 aliphatic rings. The first kappa shape index (κ1) is 16.7. The molecule has 1 heterocycles. The smallest absolute Gasteiger partial charge is 0.264 e. The molecule has 2 aromatic carbocycles. The maximum absolute atomic E-state index is 13.1. The minimum absolute atomic E-state index is 0.00693. The summed E-state index contributed by atoms with van der Waals surface area (Å²) in [6.45, 7) is 5.89. The van der Waals surface area contributed by atoms with Gasteiger partial charge in [0.2, 0.25) is 0 Å². The maximum Gasteiger partial charge on any atom is 0.264 e. The Hall–Kier alpha value is -2.17. The maximum atomic E-state index is 13.1. The van der Waals surface area contributed by atoms with Gasteiger partial charge in [0, 0.05) is 12.0 Å². The third-order valence-corrected chi connectivity index (χ3v) is 4.53. The molecule has 126 valence electrons. The largest absolute Gasteiger partial charge is 0.393 e. The van der Waals surface area contributed by atoms with Crippen molar-refractivity contribution in [1.29, 1.82) is 0 Å². The van der Waals surface area contributed by atoms with Crippen LogP contribution < -0.4 is 4.90 Å². The van der Waals surface area contributed by atoms with E-state index in [0.717, 1.165) is 22.4 Å². The number of aliphatic hydroxyl groups excluding tert-OH is 1. The monoisotopic (exact) mass is 325 g/mol. The van der Waals surface area contributed by atoms with Gasteiger partial charge in [0.05, 0.1) is 18.3 Å². The van der Waals surface area contributed by atoms with E-state index < -0.39 is 11.7 Å². The SMILES string of the molecule is Cc1cc(C)c2c(c1)[C@](O)(C[C@H](C)O)C(=O)N2Cc1ccccc1. The lowest BCUT2D eigenvalue weighted by Crippen LogP contribution is -2.42. The van der Waals surface area contributed by atoms with Gasteiger partial charge in [-0.2, -0.15) is 0 Å². The first-order valence-corrected chi connectivity index (χ1v) is 8.21. The molecule has 2 aromatic rings. The Kier molecular flexibility index (Phi) is 4.20. The lowest BCUT2D eigenvalue weighted by atomic mass is 9.88. The van der Waals surface area contributed by atoms with Crippen molar-refractivity contribution in [2.24, 2.45) is 0 Å². The second-order valence-corrected chi connectivity index (χ2v) is 6.77. The molecular formula is C20H23NO3. The molecule has 0 aliphatic carbocycles. The Morgan fingerprint density at radius 3 is 2.46 bits per heavy atom. The molecule has 24 heavy (non-hydrogen) atoms. The molecule has 4 heteroatoms. The van der Waals surface area contributed by atoms with E-state index in [9.17, 15) is 15.0 Å². The van der Waals surface area contributed by atoms with E-state index >= 15 is 0 Å². The van der Waals surface area contributed by atoms with Crippen LogP contribution in [0.4, 0.5) is 5.69 Å². The van der Waals surface area contributed by atoms with Crippen molar-refractivity contribution in [3.8, 4) is 0 Å². The van der Waals surface area contributed by atoms with E-state index in [0.29, 0.717) is 12.1 Å². The summed E-state index contributed by atoms with van der Waals surface area (Å²) in [6.07, 6.45) is -0.781. The van der Waals surface area contributed by atoms with Crippen molar-refractivity contribution in [2.75, 3.05) is 4.90 Å². The molecule has 0 saturated heterocycles. The fourth-order valence-electron chi connectivity index (χ4n) is 3.62. The zero-order chi connectivity index (χ0) is 17.5. The summed E-state index contributed by atoms with van der Waals surface area (Å²) in [5.74, 6) is -0.365. The number of rotatable bonds is 4. The van der Waals surface area contributed by atoms with Crippen molar-refractivity contribution >= 4 is 11.6 Å². The number of aryl methyl sites for hydroxylation is 2. The fraction of sp³-hybridized carbons (Fsp3) is 0.350. The highest BCUT2D eigenvalue weighted by atomic mass is 16.3. The average molecular weight is 325 g/mol. The van der Waals surface area contributed by atoms with Crippen LogP contribution >= 0.6 is 0 Å². The van der Waals surface area contributed by atoms with Crippen molar-refractivity contribution in [1.82, 2.24) is 0 Å². The molecule has 1 amide bonds. The molecule has 0 radical (unpaired) electrons. The number of aliphatic hydroxyl groups is 2. The van der Waals surface area contributed by atoms with Crippen LogP contribution in [0.2, 0.25) is 0 Å². The average Bonchev–Trinajstić information content (AvgIpc) is 2.70. The minimum Gasteiger partial charge on any atom is -0.393 e. The molecule has 0 aromatic heterocycles. The Bertz CT molecular complexity index is 770. The van der Waals surface area contributed by atoms with E-state index in [2.05, 4.69) is 0 Å². The number of fused-ring (bicyclic) bond motifs is 1. The quantitative estimate of drug-likeness (QED) is 0.909. The molecular weight excluding hydrogens is 302 g/mol. The Labute approximate surface area is 142 Å². The molecule has 0 spiro atoms. The van der Waals surface area contributed by atoms with Crippen molar-refractivity contribution in [2.45, 2.75) is 45.4 Å². The van der Waals surface area contributed by atoms with Crippen LogP contribution in [0.25, 0.3) is 0 Å². The highest BCUT2D eigenvalue weighted by molar-refractivity contribution is 6.07. The van der Waals surface area contributed by atoms with Crippen LogP contribution in [0.5, 0.6) is 0 Å². The van der Waals surface area contributed by atoms with Gasteiger partial charge in [-0.3, -0.25) is 4.79 Å². The molecule has 4 nitrogen and oxygen atoms in total. The Balaban J connectivity index is 2.11. The van der Waals surface area contributed by atoms with E-state index in [1.165, 1.54) is 0 Å². The first-order chi connectivity index (χ1) is 11.3. The topological polar surface area (TPSA) is 60.8 Å². The molecule has 0 unspecified atom stereocenters. The predicted octanol–water partition coefficient (Wildman–Crippen LogP) is 2.81. The van der Waals surface area contributed by atoms with Gasteiger partial charge in [-0.05, 0) is 31.9 Å². The summed E-state index contributed by atoms with van der Waals surface area (Å²) < 4.78 is 0. The van der Waals surface area contributed by atoms with Gasteiger partial charge in [-0.1, -0.05) is 48.0 Å². The van der Waals surface area contributed by atoms with Gasteiger partial charge in [-0.15, -0.1) is 0 Å². The number of carbonyl (C=O) groups excluding carboxylic acids is 1. The second-order valence-electron chi connectivity index (χ2n) is 6.77. The summed E-state index contributed by atoms with van der Waals surface area (Å²) in [7, 11) is 0. The lowest BCUT2D eigenvalue weighted by molar-refractivity contribution is -0.139. The molecule has 0 fully saturated rings. The van der Waals surface area contributed by atoms with Crippen LogP contribution in [0.1, 0.15) is 35.6 Å². The van der Waals surface area contributed by atoms with Gasteiger partial charge in [0.1, 0.15) is 0 Å². The number of amides is 1. The van der Waals surface area contributed by atoms with Crippen LogP contribution in [0.15, 0.2) is 42.5 Å². The summed E-state index contributed by atoms with van der Waals surface area (Å²) >= 11 is 0. The standard InChI is InChI=1S/C20H23NO3/c1-13-9-14(2)18-17(10-13)20(24,11-15(3)22)19(23)21(18)12-16-7-5-4-6-8-16/h4-10,15,22,24H,11-12H2,1-3H3/t15-,20+/m0/s1. The van der Waals surface area contributed by atoms with Crippen molar-refractivity contribution < 1.29 is 15.0 Å². The van der Waals surface area contributed by atoms with E-state index in [4.69, 9.17) is 0 Å². The number of anilines is 1. The van der Waals surface area contributed by atoms with Crippen molar-refractivity contribution in [3.05, 3.63) is 64.7 Å². The van der Waals surface area contributed by atoms with Gasteiger partial charge in [-0.25, -0.2) is 0 Å². The van der Waals surface area contributed by atoms with Crippen LogP contribution in [-0.4, -0.2) is 22.2 Å². The minimum atomic E-state index is -1.67. The van der Waals surface area contributed by atoms with E-state index in [1.54, 1.807) is 11.8 Å². The third-order valence-electron chi connectivity index (χ3n) is 4.53. The summed E-state index contributed by atoms with van der Waals surface area (Å²) in [5.41, 5.74) is 2.63. The molecule has 3 rings (SSSR count). The number of nitrogens with zero attached hydrogens (tertiary/aromatic N) is 1. The Morgan fingerprint density at radius 2 is 1.83 bits per heavy atom. The highest BCUT2D eigenvalue weighted by Crippen LogP contribution is 2.45. The highest BCUT2D eigenvalue weighted by Gasteiger charge is 2.50. The number of benzene rings is 2. The van der Waals surface area contributed by atoms with Gasteiger partial charge in [0.15, 0.2) is 5.60 Å². The van der Waals surface area contributed by atoms with E-state index in [1.807, 2.05) is 56.3 Å². The summed E-state index contributed by atoms with van der Waals surface area (Å²) in [4.78, 5) is 14.7. The second kappa shape index (κ2) is 6.04. The van der Waals surface area contributed by atoms with Gasteiger partial charge >= 0.3 is 0 Å². The van der Waals surface area contributed by atoms with Crippen LogP contribution in [0.3, 0.4) is 0 Å². The van der Waals surface area contributed by atoms with Crippen LogP contribution in [0, 0.1) is 13.8 Å². The van der Waals surface area contributed by atoms with Gasteiger partial charge in [0.25, 0.3) is 5.91 Å². The zero-order valence-electron chi connectivity index (χ0n) is 14.3. The number of hydrogen-bond acceptors (Lipinski definition) is 3. The fourth-order valence-corrected chi connectivity index (χ4v) is 3.62. The molecule has 1 aliphatic heterocycles. The molecule has 2 atom stereocenters. The summed E-state index contributed by atoms with van der Waals surface area (Å²) in [5, 5.41) is 20.9. The van der Waals surface area contributed by atoms with Gasteiger partial charge < -0.3 is 15.1 Å². The molecule has 0 bridgehead atoms. The first-order valence-electron chi connectivity index (χ1n) is 8.21.